The van der Waals surface area contributed by atoms with Crippen LogP contribution in [0.1, 0.15) is 142 Å². The van der Waals surface area contributed by atoms with Crippen molar-refractivity contribution in [3.05, 3.63) is 118 Å². The van der Waals surface area contributed by atoms with Crippen molar-refractivity contribution in [1.29, 1.82) is 0 Å². The van der Waals surface area contributed by atoms with Crippen molar-refractivity contribution in [3.8, 4) is 0 Å². The lowest BCUT2D eigenvalue weighted by atomic mass is 9.77. The van der Waals surface area contributed by atoms with Gasteiger partial charge in [0.05, 0.1) is 6.10 Å². The second-order valence-corrected chi connectivity index (χ2v) is 20.9. The molecule has 0 aliphatic carbocycles. The second kappa shape index (κ2) is 15.3. The fourth-order valence-corrected chi connectivity index (χ4v) is 9.44. The highest BCUT2D eigenvalue weighted by atomic mass is 31.1. The molecule has 4 aromatic carbocycles. The van der Waals surface area contributed by atoms with E-state index in [-0.39, 0.29) is 27.8 Å². The van der Waals surface area contributed by atoms with E-state index in [9.17, 15) is 0 Å². The van der Waals surface area contributed by atoms with Crippen molar-refractivity contribution in [1.82, 2.24) is 0 Å². The van der Waals surface area contributed by atoms with Crippen LogP contribution in [0.15, 0.2) is 93.3 Å². The minimum atomic E-state index is -1.77. The fraction of sp³-hybridized carbons (Fsp3) is 0.478. The molecule has 1 heterocycles. The topological polar surface area (TPSA) is 35.5 Å². The van der Waals surface area contributed by atoms with Crippen LogP contribution in [0.2, 0.25) is 0 Å². The molecule has 0 spiro atoms. The molecular formula is C46H62O3P2. The van der Waals surface area contributed by atoms with Gasteiger partial charge in [0, 0.05) is 27.6 Å². The summed E-state index contributed by atoms with van der Waals surface area (Å²) in [6, 6.07) is 31.3. The maximum Gasteiger partial charge on any atom is 0.387 e. The van der Waals surface area contributed by atoms with E-state index in [1.807, 2.05) is 0 Å². The number of hydrogen-bond donors (Lipinski definition) is 0. The molecule has 0 bridgehead atoms. The van der Waals surface area contributed by atoms with Gasteiger partial charge in [-0.15, -0.1) is 8.58 Å². The van der Waals surface area contributed by atoms with E-state index in [0.717, 1.165) is 49.5 Å². The van der Waals surface area contributed by atoms with Crippen LogP contribution < -0.4 is 4.52 Å². The van der Waals surface area contributed by atoms with Crippen LogP contribution in [-0.2, 0) is 27.8 Å². The summed E-state index contributed by atoms with van der Waals surface area (Å²) in [5.41, 5.74) is 9.48. The zero-order valence-corrected chi connectivity index (χ0v) is 35.4. The van der Waals surface area contributed by atoms with E-state index in [2.05, 4.69) is 175 Å². The Kier molecular flexibility index (Phi) is 11.8. The summed E-state index contributed by atoms with van der Waals surface area (Å²) < 4.78 is 21.4. The lowest BCUT2D eigenvalue weighted by molar-refractivity contribution is 0.237. The first-order valence-corrected chi connectivity index (χ1v) is 21.2. The highest BCUT2D eigenvalue weighted by Gasteiger charge is 2.29. The molecule has 3 unspecified atom stereocenters. The summed E-state index contributed by atoms with van der Waals surface area (Å²) >= 11 is 0. The van der Waals surface area contributed by atoms with Crippen molar-refractivity contribution in [2.45, 2.75) is 142 Å². The highest BCUT2D eigenvalue weighted by Crippen LogP contribution is 2.47. The lowest BCUT2D eigenvalue weighted by Crippen LogP contribution is -2.17. The first-order chi connectivity index (χ1) is 23.8. The van der Waals surface area contributed by atoms with Gasteiger partial charge in [0.1, 0.15) is 11.2 Å². The summed E-state index contributed by atoms with van der Waals surface area (Å²) in [4.78, 5) is 0. The predicted octanol–water partition coefficient (Wildman–Crippen LogP) is 14.7. The molecule has 3 atom stereocenters. The van der Waals surface area contributed by atoms with Gasteiger partial charge in [-0.2, -0.15) is 0 Å². The third-order valence-corrected chi connectivity index (χ3v) is 12.7. The van der Waals surface area contributed by atoms with Crippen LogP contribution in [-0.4, -0.2) is 6.10 Å². The summed E-state index contributed by atoms with van der Waals surface area (Å²) in [5.74, 6) is 0. The van der Waals surface area contributed by atoms with Crippen LogP contribution in [0.25, 0.3) is 21.9 Å². The fourth-order valence-electron chi connectivity index (χ4n) is 6.57. The molecule has 0 amide bonds. The zero-order chi connectivity index (χ0) is 37.4. The van der Waals surface area contributed by atoms with Gasteiger partial charge < -0.3 is 8.39 Å². The van der Waals surface area contributed by atoms with Crippen LogP contribution in [0.5, 0.6) is 0 Å². The Hall–Kier alpha value is -2.83. The van der Waals surface area contributed by atoms with Gasteiger partial charge in [-0.3, -0.25) is 4.52 Å². The minimum Gasteiger partial charge on any atom is -0.399 e. The molecule has 0 fully saturated rings. The minimum absolute atomic E-state index is 0.0338. The van der Waals surface area contributed by atoms with Crippen LogP contribution in [0.4, 0.5) is 0 Å². The normalized spacial score (nSPS) is 14.5. The van der Waals surface area contributed by atoms with Gasteiger partial charge >= 0.3 is 8.24 Å². The Balaban J connectivity index is 1.74. The Bertz CT molecular complexity index is 1870. The third kappa shape index (κ3) is 9.59. The maximum atomic E-state index is 7.13. The summed E-state index contributed by atoms with van der Waals surface area (Å²) in [6.07, 6.45) is 2.79. The van der Waals surface area contributed by atoms with Crippen molar-refractivity contribution in [3.63, 3.8) is 0 Å². The van der Waals surface area contributed by atoms with E-state index < -0.39 is 8.24 Å². The Labute approximate surface area is 311 Å². The Morgan fingerprint density at radius 3 is 1.47 bits per heavy atom. The summed E-state index contributed by atoms with van der Waals surface area (Å²) in [5, 5.41) is 2.21. The van der Waals surface area contributed by atoms with Crippen LogP contribution in [0.3, 0.4) is 0 Å². The van der Waals surface area contributed by atoms with Gasteiger partial charge in [0.25, 0.3) is 0 Å². The van der Waals surface area contributed by atoms with E-state index in [1.165, 1.54) is 33.4 Å². The summed E-state index contributed by atoms with van der Waals surface area (Å²) in [7, 11) is -1.03. The van der Waals surface area contributed by atoms with Crippen molar-refractivity contribution in [2.75, 3.05) is 0 Å². The largest absolute Gasteiger partial charge is 0.399 e. The maximum absolute atomic E-state index is 7.13. The molecule has 0 N–H and O–H groups in total. The molecular weight excluding hydrogens is 662 g/mol. The van der Waals surface area contributed by atoms with Gasteiger partial charge in [-0.25, -0.2) is 0 Å². The Morgan fingerprint density at radius 2 is 1.06 bits per heavy atom. The second-order valence-electron chi connectivity index (χ2n) is 18.4. The standard InChI is InChI=1S/C46H62O3P2/c1-14-35(29-40(32-23-19-16-20-24-32)50-30-31-21-17-15-18-22-31)47-51-48-41-36(25-33(43(2,3)4)27-38(41)45(8,9)10)37-26-34(44(5,6)7)28-39(42(37)49-51)46(11,12)13/h15-28,35,40,50H,14,29-30H2,1-13H3. The summed E-state index contributed by atoms with van der Waals surface area (Å²) in [6.45, 7) is 29.7. The molecule has 5 aromatic rings. The average Bonchev–Trinajstić information content (AvgIpc) is 3.20. The van der Waals surface area contributed by atoms with E-state index in [4.69, 9.17) is 12.9 Å². The molecule has 5 heteroatoms. The molecule has 0 radical (unpaired) electrons. The number of rotatable bonds is 9. The van der Waals surface area contributed by atoms with Gasteiger partial charge in [0.15, 0.2) is 0 Å². The van der Waals surface area contributed by atoms with Crippen LogP contribution in [0, 0.1) is 0 Å². The lowest BCUT2D eigenvalue weighted by Gasteiger charge is -2.27. The smallest absolute Gasteiger partial charge is 0.387 e. The molecule has 274 valence electrons. The van der Waals surface area contributed by atoms with E-state index in [0.29, 0.717) is 5.66 Å². The zero-order valence-electron chi connectivity index (χ0n) is 33.5. The van der Waals surface area contributed by atoms with E-state index in [1.54, 1.807) is 0 Å². The predicted molar refractivity (Wildman–Crippen MR) is 224 cm³/mol. The Morgan fingerprint density at radius 1 is 0.608 bits per heavy atom. The van der Waals surface area contributed by atoms with E-state index >= 15 is 0 Å². The van der Waals surface area contributed by atoms with Gasteiger partial charge in [0.2, 0.25) is 0 Å². The first kappa shape index (κ1) is 39.4. The first-order valence-electron chi connectivity index (χ1n) is 18.8. The molecule has 1 aromatic heterocycles. The van der Waals surface area contributed by atoms with Gasteiger partial charge in [-0.1, -0.05) is 163 Å². The molecule has 0 aliphatic rings. The number of fused-ring (bicyclic) bond motifs is 3. The SMILES string of the molecule is CCC(CC(PCc1ccccc1)c1ccccc1)Op1oc2c(C(C)(C)C)cc(C(C)(C)C)cc2c2cc(C(C)(C)C)cc(C(C)(C)C)c2o1. The quantitative estimate of drug-likeness (QED) is 0.142. The molecule has 5 rings (SSSR count). The monoisotopic (exact) mass is 724 g/mol. The molecule has 3 nitrogen and oxygen atoms in total. The number of benzene rings is 4. The van der Waals surface area contributed by atoms with Crippen molar-refractivity contribution in [2.24, 2.45) is 0 Å². The van der Waals surface area contributed by atoms with Crippen molar-refractivity contribution < 1.29 is 12.9 Å². The highest BCUT2D eigenvalue weighted by molar-refractivity contribution is 7.37. The number of hydrogen-bond acceptors (Lipinski definition) is 3. The van der Waals surface area contributed by atoms with Crippen molar-refractivity contribution >= 4 is 38.8 Å². The average molecular weight is 725 g/mol. The molecule has 51 heavy (non-hydrogen) atoms. The third-order valence-electron chi connectivity index (χ3n) is 9.93. The molecule has 0 saturated heterocycles. The molecule has 0 aliphatic heterocycles. The van der Waals surface area contributed by atoms with Gasteiger partial charge in [-0.05, 0) is 75.1 Å². The van der Waals surface area contributed by atoms with Crippen LogP contribution >= 0.6 is 16.8 Å². The molecule has 0 saturated carbocycles.